The zero-order valence-corrected chi connectivity index (χ0v) is 23.6. The molecule has 0 spiro atoms. The Hall–Kier alpha value is -3.42. The van der Waals surface area contributed by atoms with Gasteiger partial charge in [-0.2, -0.15) is 0 Å². The van der Waals surface area contributed by atoms with E-state index in [-0.39, 0.29) is 11.3 Å². The molecule has 0 bridgehead atoms. The molecule has 198 valence electrons. The van der Waals surface area contributed by atoms with Gasteiger partial charge in [0.1, 0.15) is 18.1 Å². The summed E-state index contributed by atoms with van der Waals surface area (Å²) in [6.45, 7) is 9.32. The average Bonchev–Trinajstić information content (AvgIpc) is 3.18. The Balaban J connectivity index is 1.63. The molecule has 6 nitrogen and oxygen atoms in total. The molecule has 1 aliphatic rings. The van der Waals surface area contributed by atoms with Crippen molar-refractivity contribution in [2.24, 2.45) is 0 Å². The highest BCUT2D eigenvalue weighted by Crippen LogP contribution is 2.39. The number of carbonyl (C=O) groups is 2. The number of nitrogens with zero attached hydrogens (tertiary/aromatic N) is 2. The SMILES string of the molecule is CCN(CC)CCN1C(=O)C(=O)/C(=C(/O)c2ccc(OCc3cccc(C)c3)cc2)C1c1ccc(Br)cc1. The van der Waals surface area contributed by atoms with Crippen LogP contribution in [0.5, 0.6) is 5.75 Å². The van der Waals surface area contributed by atoms with E-state index in [4.69, 9.17) is 4.74 Å². The molecule has 4 rings (SSSR count). The number of halogens is 1. The molecule has 0 radical (unpaired) electrons. The first-order chi connectivity index (χ1) is 18.3. The van der Waals surface area contributed by atoms with E-state index in [0.29, 0.717) is 31.0 Å². The Kier molecular flexibility index (Phi) is 9.02. The summed E-state index contributed by atoms with van der Waals surface area (Å²) in [5.41, 5.74) is 3.56. The Morgan fingerprint density at radius 1 is 1.00 bits per heavy atom. The molecule has 0 saturated carbocycles. The summed E-state index contributed by atoms with van der Waals surface area (Å²) in [7, 11) is 0. The average molecular weight is 578 g/mol. The zero-order chi connectivity index (χ0) is 27.2. The molecular weight excluding hydrogens is 544 g/mol. The molecule has 1 atom stereocenters. The molecular formula is C31H33BrN2O4. The number of aliphatic hydroxyl groups excluding tert-OH is 1. The lowest BCUT2D eigenvalue weighted by molar-refractivity contribution is -0.140. The third kappa shape index (κ3) is 6.17. The van der Waals surface area contributed by atoms with Crippen LogP contribution in [0.4, 0.5) is 0 Å². The number of likely N-dealkylation sites (tertiary alicyclic amines) is 1. The molecule has 1 saturated heterocycles. The quantitative estimate of drug-likeness (QED) is 0.179. The van der Waals surface area contributed by atoms with Crippen molar-refractivity contribution in [3.63, 3.8) is 0 Å². The van der Waals surface area contributed by atoms with Crippen molar-refractivity contribution < 1.29 is 19.4 Å². The lowest BCUT2D eigenvalue weighted by atomic mass is 9.95. The Morgan fingerprint density at radius 2 is 1.68 bits per heavy atom. The second kappa shape index (κ2) is 12.4. The Labute approximate surface area is 232 Å². The predicted octanol–water partition coefficient (Wildman–Crippen LogP) is 6.10. The first-order valence-corrected chi connectivity index (χ1v) is 13.7. The molecule has 38 heavy (non-hydrogen) atoms. The normalized spacial score (nSPS) is 16.9. The minimum absolute atomic E-state index is 0.102. The van der Waals surface area contributed by atoms with E-state index >= 15 is 0 Å². The lowest BCUT2D eigenvalue weighted by Gasteiger charge is -2.28. The van der Waals surface area contributed by atoms with Crippen LogP contribution in [-0.2, 0) is 16.2 Å². The second-order valence-electron chi connectivity index (χ2n) is 9.37. The molecule has 0 aliphatic carbocycles. The third-order valence-corrected chi connectivity index (χ3v) is 7.42. The fourth-order valence-corrected chi connectivity index (χ4v) is 4.99. The molecule has 1 fully saturated rings. The highest BCUT2D eigenvalue weighted by atomic mass is 79.9. The Morgan fingerprint density at radius 3 is 2.32 bits per heavy atom. The summed E-state index contributed by atoms with van der Waals surface area (Å²) in [6.07, 6.45) is 0. The first kappa shape index (κ1) is 27.6. The number of benzene rings is 3. The van der Waals surface area contributed by atoms with Crippen LogP contribution in [0.25, 0.3) is 5.76 Å². The van der Waals surface area contributed by atoms with Crippen LogP contribution in [0.2, 0.25) is 0 Å². The number of hydrogen-bond acceptors (Lipinski definition) is 5. The maximum atomic E-state index is 13.3. The number of aryl methyl sites for hydroxylation is 1. The van der Waals surface area contributed by atoms with E-state index in [1.165, 1.54) is 5.56 Å². The lowest BCUT2D eigenvalue weighted by Crippen LogP contribution is -2.38. The van der Waals surface area contributed by atoms with Crippen LogP contribution in [0.15, 0.2) is 82.8 Å². The number of rotatable bonds is 10. The van der Waals surface area contributed by atoms with Gasteiger partial charge >= 0.3 is 0 Å². The third-order valence-electron chi connectivity index (χ3n) is 6.89. The van der Waals surface area contributed by atoms with Gasteiger partial charge in [-0.25, -0.2) is 0 Å². The molecule has 3 aromatic rings. The predicted molar refractivity (Wildman–Crippen MR) is 153 cm³/mol. The summed E-state index contributed by atoms with van der Waals surface area (Å²) in [5.74, 6) is -0.807. The number of amides is 1. The molecule has 1 amide bonds. The van der Waals surface area contributed by atoms with Crippen molar-refractivity contribution in [2.75, 3.05) is 26.2 Å². The summed E-state index contributed by atoms with van der Waals surface area (Å²) < 4.78 is 6.79. The van der Waals surface area contributed by atoms with Crippen molar-refractivity contribution in [1.82, 2.24) is 9.80 Å². The van der Waals surface area contributed by atoms with Gasteiger partial charge in [0, 0.05) is 23.1 Å². The number of aliphatic hydroxyl groups is 1. The van der Waals surface area contributed by atoms with E-state index in [9.17, 15) is 14.7 Å². The molecule has 1 unspecified atom stereocenters. The fourth-order valence-electron chi connectivity index (χ4n) is 4.72. The van der Waals surface area contributed by atoms with E-state index in [0.717, 1.165) is 28.7 Å². The highest BCUT2D eigenvalue weighted by molar-refractivity contribution is 9.10. The minimum atomic E-state index is -0.672. The zero-order valence-electron chi connectivity index (χ0n) is 22.0. The standard InChI is InChI=1S/C31H33BrN2O4/c1-4-33(5-2)17-18-34-28(23-9-13-25(32)14-10-23)27(30(36)31(34)37)29(35)24-11-15-26(16-12-24)38-20-22-8-6-7-21(3)19-22/h6-16,19,28,35H,4-5,17-18,20H2,1-3H3/b29-27+. The van der Waals surface area contributed by atoms with Crippen molar-refractivity contribution in [3.05, 3.63) is 105 Å². The number of Topliss-reactive ketones (excluding diaryl/α,β-unsaturated/α-hetero) is 1. The molecule has 1 aliphatic heterocycles. The van der Waals surface area contributed by atoms with Crippen LogP contribution in [0, 0.1) is 6.92 Å². The maximum absolute atomic E-state index is 13.3. The summed E-state index contributed by atoms with van der Waals surface area (Å²) in [6, 6.07) is 21.9. The number of likely N-dealkylation sites (N-methyl/N-ethyl adjacent to an activating group) is 1. The molecule has 1 heterocycles. The highest BCUT2D eigenvalue weighted by Gasteiger charge is 2.45. The molecule has 0 aromatic heterocycles. The Bertz CT molecular complexity index is 1310. The van der Waals surface area contributed by atoms with E-state index in [1.54, 1.807) is 29.2 Å². The van der Waals surface area contributed by atoms with Gasteiger partial charge in [-0.1, -0.05) is 71.7 Å². The van der Waals surface area contributed by atoms with Crippen molar-refractivity contribution in [2.45, 2.75) is 33.4 Å². The maximum Gasteiger partial charge on any atom is 0.295 e. The van der Waals surface area contributed by atoms with Gasteiger partial charge < -0.3 is 19.6 Å². The van der Waals surface area contributed by atoms with Crippen LogP contribution >= 0.6 is 15.9 Å². The van der Waals surface area contributed by atoms with Gasteiger partial charge in [0.05, 0.1) is 11.6 Å². The first-order valence-electron chi connectivity index (χ1n) is 12.9. The van der Waals surface area contributed by atoms with Crippen molar-refractivity contribution >= 4 is 33.4 Å². The van der Waals surface area contributed by atoms with Gasteiger partial charge in [0.2, 0.25) is 0 Å². The summed E-state index contributed by atoms with van der Waals surface area (Å²) in [5, 5.41) is 11.3. The monoisotopic (exact) mass is 576 g/mol. The summed E-state index contributed by atoms with van der Waals surface area (Å²) in [4.78, 5) is 30.2. The van der Waals surface area contributed by atoms with Crippen LogP contribution in [0.3, 0.4) is 0 Å². The number of ether oxygens (including phenoxy) is 1. The van der Waals surface area contributed by atoms with Gasteiger partial charge in [0.25, 0.3) is 11.7 Å². The van der Waals surface area contributed by atoms with Crippen molar-refractivity contribution in [3.8, 4) is 5.75 Å². The fraction of sp³-hybridized carbons (Fsp3) is 0.290. The smallest absolute Gasteiger partial charge is 0.295 e. The van der Waals surface area contributed by atoms with Gasteiger partial charge in [-0.15, -0.1) is 0 Å². The number of carbonyl (C=O) groups excluding carboxylic acids is 2. The minimum Gasteiger partial charge on any atom is -0.507 e. The van der Waals surface area contributed by atoms with Crippen LogP contribution in [-0.4, -0.2) is 52.8 Å². The van der Waals surface area contributed by atoms with Gasteiger partial charge in [-0.05, 0) is 67.5 Å². The van der Waals surface area contributed by atoms with Gasteiger partial charge in [0.15, 0.2) is 0 Å². The second-order valence-corrected chi connectivity index (χ2v) is 10.3. The van der Waals surface area contributed by atoms with E-state index in [1.807, 2.05) is 49.4 Å². The topological polar surface area (TPSA) is 70.1 Å². The number of hydrogen-bond donors (Lipinski definition) is 1. The number of ketones is 1. The van der Waals surface area contributed by atoms with E-state index < -0.39 is 17.7 Å². The van der Waals surface area contributed by atoms with Crippen molar-refractivity contribution in [1.29, 1.82) is 0 Å². The molecule has 3 aromatic carbocycles. The van der Waals surface area contributed by atoms with Gasteiger partial charge in [-0.3, -0.25) is 9.59 Å². The van der Waals surface area contributed by atoms with Crippen LogP contribution in [0.1, 0.15) is 42.1 Å². The largest absolute Gasteiger partial charge is 0.507 e. The van der Waals surface area contributed by atoms with Crippen LogP contribution < -0.4 is 4.74 Å². The summed E-state index contributed by atoms with van der Waals surface area (Å²) >= 11 is 3.45. The molecule has 7 heteroatoms. The molecule has 1 N–H and O–H groups in total. The van der Waals surface area contributed by atoms with E-state index in [2.05, 4.69) is 40.7 Å².